The number of fused-ring (bicyclic) bond motifs is 1. The van der Waals surface area contributed by atoms with Crippen LogP contribution in [0, 0.1) is 0 Å². The van der Waals surface area contributed by atoms with Gasteiger partial charge in [-0.3, -0.25) is 0 Å². The Morgan fingerprint density at radius 2 is 1.42 bits per heavy atom. The van der Waals surface area contributed by atoms with E-state index in [0.29, 0.717) is 31.3 Å². The van der Waals surface area contributed by atoms with Crippen LogP contribution in [0.3, 0.4) is 0 Å². The zero-order valence-electron chi connectivity index (χ0n) is 15.0. The number of hydrogen-bond donors (Lipinski definition) is 0. The summed E-state index contributed by atoms with van der Waals surface area (Å²) in [6, 6.07) is 10.00. The number of hydrogen-bond acceptors (Lipinski definition) is 5. The molecule has 0 aromatic heterocycles. The lowest BCUT2D eigenvalue weighted by molar-refractivity contribution is 0.0856. The summed E-state index contributed by atoms with van der Waals surface area (Å²) in [4.78, 5) is 0. The van der Waals surface area contributed by atoms with Crippen molar-refractivity contribution >= 4 is 24.8 Å². The first-order valence-corrected chi connectivity index (χ1v) is 9.95. The summed E-state index contributed by atoms with van der Waals surface area (Å²) in [6.45, 7) is 7.28. The van der Waals surface area contributed by atoms with E-state index in [4.69, 9.17) is 22.8 Å². The highest BCUT2D eigenvalue weighted by Gasteiger charge is 2.48. The fourth-order valence-corrected chi connectivity index (χ4v) is 5.76. The SMILES string of the molecule is CCO[Si](OCC)(OCC)c1c(OC)c(OC)cc2ccccc12. The van der Waals surface area contributed by atoms with Gasteiger partial charge in [0.15, 0.2) is 11.5 Å². The highest BCUT2D eigenvalue weighted by atomic mass is 28.4. The van der Waals surface area contributed by atoms with Crippen LogP contribution in [0.2, 0.25) is 0 Å². The molecule has 0 unspecified atom stereocenters. The van der Waals surface area contributed by atoms with Gasteiger partial charge in [0, 0.05) is 19.8 Å². The zero-order chi connectivity index (χ0) is 17.6. The van der Waals surface area contributed by atoms with Gasteiger partial charge in [0.05, 0.1) is 19.4 Å². The Hall–Kier alpha value is -1.60. The molecule has 0 aliphatic carbocycles. The van der Waals surface area contributed by atoms with Crippen LogP contribution < -0.4 is 14.7 Å². The van der Waals surface area contributed by atoms with Crippen LogP contribution in [-0.4, -0.2) is 42.8 Å². The highest BCUT2D eigenvalue weighted by molar-refractivity contribution is 6.78. The van der Waals surface area contributed by atoms with Gasteiger partial charge in [-0.2, -0.15) is 0 Å². The molecule has 0 N–H and O–H groups in total. The second-order valence-electron chi connectivity index (χ2n) is 5.06. The average Bonchev–Trinajstić information content (AvgIpc) is 2.60. The van der Waals surface area contributed by atoms with Crippen molar-refractivity contribution in [3.63, 3.8) is 0 Å². The smallest absolute Gasteiger partial charge is 0.493 e. The molecule has 0 spiro atoms. The maximum atomic E-state index is 6.11. The fourth-order valence-electron chi connectivity index (χ4n) is 2.87. The molecule has 0 radical (unpaired) electrons. The lowest BCUT2D eigenvalue weighted by Gasteiger charge is -2.31. The summed E-state index contributed by atoms with van der Waals surface area (Å²) in [5.74, 6) is 1.25. The third-order valence-electron chi connectivity index (χ3n) is 3.70. The Morgan fingerprint density at radius 3 is 1.92 bits per heavy atom. The standard InChI is InChI=1S/C18H26O5Si/c1-6-21-24(22-7-2,23-8-3)18-15-12-10-9-11-14(15)13-16(19-4)17(18)20-5/h9-13H,6-8H2,1-5H3. The van der Waals surface area contributed by atoms with Crippen molar-refractivity contribution in [2.45, 2.75) is 20.8 Å². The Labute approximate surface area is 144 Å². The number of rotatable bonds is 9. The third-order valence-corrected chi connectivity index (χ3v) is 6.82. The Balaban J connectivity index is 2.86. The van der Waals surface area contributed by atoms with E-state index in [-0.39, 0.29) is 0 Å². The van der Waals surface area contributed by atoms with Crippen LogP contribution in [0.15, 0.2) is 30.3 Å². The van der Waals surface area contributed by atoms with Gasteiger partial charge < -0.3 is 22.8 Å². The molecule has 0 fully saturated rings. The van der Waals surface area contributed by atoms with E-state index in [0.717, 1.165) is 16.0 Å². The van der Waals surface area contributed by atoms with Gasteiger partial charge in [0.25, 0.3) is 0 Å². The lowest BCUT2D eigenvalue weighted by Crippen LogP contribution is -2.57. The summed E-state index contributed by atoms with van der Waals surface area (Å²) < 4.78 is 29.6. The number of methoxy groups -OCH3 is 2. The predicted molar refractivity (Wildman–Crippen MR) is 97.3 cm³/mol. The molecule has 5 nitrogen and oxygen atoms in total. The van der Waals surface area contributed by atoms with Gasteiger partial charge in [-0.1, -0.05) is 24.3 Å². The van der Waals surface area contributed by atoms with Crippen LogP contribution in [0.25, 0.3) is 10.8 Å². The van der Waals surface area contributed by atoms with E-state index in [1.807, 2.05) is 51.1 Å². The molecule has 2 aromatic carbocycles. The molecule has 0 saturated heterocycles. The first kappa shape index (κ1) is 18.7. The maximum absolute atomic E-state index is 6.11. The molecule has 0 aliphatic rings. The molecule has 0 amide bonds. The van der Waals surface area contributed by atoms with E-state index in [9.17, 15) is 0 Å². The van der Waals surface area contributed by atoms with Gasteiger partial charge in [-0.05, 0) is 37.6 Å². The molecule has 0 atom stereocenters. The molecule has 2 aromatic rings. The van der Waals surface area contributed by atoms with Crippen molar-refractivity contribution in [3.05, 3.63) is 30.3 Å². The van der Waals surface area contributed by atoms with Gasteiger partial charge in [0.1, 0.15) is 0 Å². The second kappa shape index (κ2) is 8.48. The minimum absolute atomic E-state index is 0.487. The average molecular weight is 350 g/mol. The maximum Gasteiger partial charge on any atom is 0.541 e. The van der Waals surface area contributed by atoms with E-state index in [1.165, 1.54) is 0 Å². The summed E-state index contributed by atoms with van der Waals surface area (Å²) >= 11 is 0. The van der Waals surface area contributed by atoms with Crippen LogP contribution in [-0.2, 0) is 13.3 Å². The lowest BCUT2D eigenvalue weighted by atomic mass is 10.1. The third kappa shape index (κ3) is 3.42. The molecule has 0 aliphatic heterocycles. The summed E-state index contributed by atoms with van der Waals surface area (Å²) in [5, 5.41) is 2.85. The molecular formula is C18H26O5Si. The largest absolute Gasteiger partial charge is 0.541 e. The summed E-state index contributed by atoms with van der Waals surface area (Å²) in [6.07, 6.45) is 0. The first-order valence-electron chi connectivity index (χ1n) is 8.23. The van der Waals surface area contributed by atoms with Crippen molar-refractivity contribution < 1.29 is 22.8 Å². The van der Waals surface area contributed by atoms with E-state index >= 15 is 0 Å². The predicted octanol–water partition coefficient (Wildman–Crippen LogP) is 3.11. The van der Waals surface area contributed by atoms with Crippen LogP contribution >= 0.6 is 0 Å². The van der Waals surface area contributed by atoms with Gasteiger partial charge in [-0.15, -0.1) is 0 Å². The van der Waals surface area contributed by atoms with Crippen molar-refractivity contribution in [1.29, 1.82) is 0 Å². The Kier molecular flexibility index (Phi) is 6.62. The monoisotopic (exact) mass is 350 g/mol. The molecular weight excluding hydrogens is 324 g/mol. The van der Waals surface area contributed by atoms with Gasteiger partial charge in [-0.25, -0.2) is 0 Å². The molecule has 0 saturated carbocycles. The van der Waals surface area contributed by atoms with Crippen molar-refractivity contribution in [2.75, 3.05) is 34.0 Å². The van der Waals surface area contributed by atoms with Crippen LogP contribution in [0.5, 0.6) is 11.5 Å². The Morgan fingerprint density at radius 1 is 0.833 bits per heavy atom. The Bertz CT molecular complexity index is 657. The normalized spacial score (nSPS) is 11.7. The fraction of sp³-hybridized carbons (Fsp3) is 0.444. The van der Waals surface area contributed by atoms with Crippen molar-refractivity contribution in [1.82, 2.24) is 0 Å². The topological polar surface area (TPSA) is 46.2 Å². The second-order valence-corrected chi connectivity index (χ2v) is 7.54. The van der Waals surface area contributed by atoms with Crippen molar-refractivity contribution in [2.24, 2.45) is 0 Å². The molecule has 24 heavy (non-hydrogen) atoms. The first-order chi connectivity index (χ1) is 11.7. The van der Waals surface area contributed by atoms with Gasteiger partial charge in [0.2, 0.25) is 0 Å². The molecule has 2 rings (SSSR count). The van der Waals surface area contributed by atoms with Gasteiger partial charge >= 0.3 is 8.80 Å². The zero-order valence-corrected chi connectivity index (χ0v) is 16.0. The van der Waals surface area contributed by atoms with Crippen molar-refractivity contribution in [3.8, 4) is 11.5 Å². The molecule has 132 valence electrons. The van der Waals surface area contributed by atoms with E-state index < -0.39 is 8.80 Å². The minimum Gasteiger partial charge on any atom is -0.493 e. The quantitative estimate of drug-likeness (QED) is 0.650. The molecule has 0 heterocycles. The molecule has 0 bridgehead atoms. The van der Waals surface area contributed by atoms with Crippen LogP contribution in [0.4, 0.5) is 0 Å². The van der Waals surface area contributed by atoms with Crippen LogP contribution in [0.1, 0.15) is 20.8 Å². The summed E-state index contributed by atoms with van der Waals surface area (Å²) in [7, 11) is 0.0965. The number of benzene rings is 2. The van der Waals surface area contributed by atoms with E-state index in [2.05, 4.69) is 0 Å². The highest BCUT2D eigenvalue weighted by Crippen LogP contribution is 2.33. The summed E-state index contributed by atoms with van der Waals surface area (Å²) in [5.41, 5.74) is 0. The number of ether oxygens (including phenoxy) is 2. The molecule has 6 heteroatoms. The minimum atomic E-state index is -3.15. The van der Waals surface area contributed by atoms with E-state index in [1.54, 1.807) is 14.2 Å².